The first-order valence-electron chi connectivity index (χ1n) is 9.56. The van der Waals surface area contributed by atoms with Crippen molar-refractivity contribution in [2.45, 2.75) is 39.3 Å². The van der Waals surface area contributed by atoms with Crippen LogP contribution in [-0.4, -0.2) is 56.2 Å². The molecule has 1 amide bonds. The van der Waals surface area contributed by atoms with Crippen LogP contribution >= 0.6 is 0 Å². The number of fused-ring (bicyclic) bond motifs is 1. The Morgan fingerprint density at radius 2 is 1.90 bits per heavy atom. The second-order valence-electron chi connectivity index (χ2n) is 7.41. The molecular weight excluding hydrogens is 397 g/mol. The van der Waals surface area contributed by atoms with Crippen molar-refractivity contribution in [3.05, 3.63) is 47.5 Å². The van der Waals surface area contributed by atoms with E-state index < -0.39 is 11.9 Å². The zero-order chi connectivity index (χ0) is 22.1. The number of alkyl halides is 3. The van der Waals surface area contributed by atoms with Gasteiger partial charge in [-0.25, -0.2) is 4.98 Å². The summed E-state index contributed by atoms with van der Waals surface area (Å²) in [6.07, 6.45) is -1.34. The Balaban J connectivity index is 1.95. The summed E-state index contributed by atoms with van der Waals surface area (Å²) in [5, 5.41) is 4.20. The van der Waals surface area contributed by atoms with Gasteiger partial charge in [-0.1, -0.05) is 0 Å². The summed E-state index contributed by atoms with van der Waals surface area (Å²) < 4.78 is 44.6. The fourth-order valence-electron chi connectivity index (χ4n) is 3.39. The van der Waals surface area contributed by atoms with Crippen molar-refractivity contribution < 1.29 is 18.0 Å². The highest BCUT2D eigenvalue weighted by molar-refractivity contribution is 5.76. The van der Waals surface area contributed by atoms with Crippen molar-refractivity contribution >= 4 is 5.91 Å². The summed E-state index contributed by atoms with van der Waals surface area (Å²) in [6.45, 7) is 3.07. The predicted molar refractivity (Wildman–Crippen MR) is 106 cm³/mol. The van der Waals surface area contributed by atoms with E-state index in [0.717, 1.165) is 5.69 Å². The molecule has 1 aromatic heterocycles. The average molecular weight is 422 g/mol. The van der Waals surface area contributed by atoms with Crippen LogP contribution in [0.3, 0.4) is 0 Å². The molecule has 0 aromatic carbocycles. The number of halogens is 3. The molecule has 0 radical (unpaired) electrons. The molecule has 30 heavy (non-hydrogen) atoms. The third kappa shape index (κ3) is 4.48. The van der Waals surface area contributed by atoms with Crippen molar-refractivity contribution in [3.63, 3.8) is 0 Å². The van der Waals surface area contributed by atoms with E-state index in [0.29, 0.717) is 18.7 Å². The van der Waals surface area contributed by atoms with Gasteiger partial charge in [0.25, 0.3) is 0 Å². The van der Waals surface area contributed by atoms with Crippen LogP contribution in [0.1, 0.15) is 23.9 Å². The average Bonchev–Trinajstić information content (AvgIpc) is 3.26. The standard InChI is InChI=1S/C20H25F3N6O/c1-5-29-14(8-9-24-29)11-27(4)12-16-15-7-6-10-28(13-17(30)26(2)3)19(15)25-18(16)20(21,22)23/h6-10H,5,11-13H2,1-4H3. The first-order valence-corrected chi connectivity index (χ1v) is 9.56. The monoisotopic (exact) mass is 422 g/mol. The third-order valence-corrected chi connectivity index (χ3v) is 4.91. The van der Waals surface area contributed by atoms with E-state index in [1.54, 1.807) is 50.6 Å². The van der Waals surface area contributed by atoms with Crippen LogP contribution in [0.2, 0.25) is 0 Å². The van der Waals surface area contributed by atoms with Crippen molar-refractivity contribution in [1.29, 1.82) is 0 Å². The molecule has 0 spiro atoms. The van der Waals surface area contributed by atoms with Crippen LogP contribution < -0.4 is 0 Å². The summed E-state index contributed by atoms with van der Waals surface area (Å²) in [4.78, 5) is 19.2. The van der Waals surface area contributed by atoms with Gasteiger partial charge in [0.1, 0.15) is 12.4 Å². The number of rotatable bonds is 7. The van der Waals surface area contributed by atoms with Gasteiger partial charge in [-0.2, -0.15) is 18.3 Å². The molecule has 1 aromatic rings. The quantitative estimate of drug-likeness (QED) is 0.588. The summed E-state index contributed by atoms with van der Waals surface area (Å²) in [7, 11) is 4.96. The number of likely N-dealkylation sites (N-methyl/N-ethyl adjacent to an activating group) is 1. The molecule has 162 valence electrons. The van der Waals surface area contributed by atoms with E-state index in [1.807, 2.05) is 17.7 Å². The van der Waals surface area contributed by atoms with Gasteiger partial charge in [0.2, 0.25) is 5.91 Å². The highest BCUT2D eigenvalue weighted by Crippen LogP contribution is 2.39. The summed E-state index contributed by atoms with van der Waals surface area (Å²) in [6, 6.07) is 5.11. The van der Waals surface area contributed by atoms with E-state index in [-0.39, 0.29) is 30.4 Å². The van der Waals surface area contributed by atoms with Crippen molar-refractivity contribution in [3.8, 4) is 11.4 Å². The molecule has 0 aliphatic carbocycles. The molecule has 0 atom stereocenters. The number of aromatic nitrogens is 4. The Morgan fingerprint density at radius 3 is 2.53 bits per heavy atom. The highest BCUT2D eigenvalue weighted by atomic mass is 19.4. The summed E-state index contributed by atoms with van der Waals surface area (Å²) in [5.41, 5.74) is 0.510. The topological polar surface area (TPSA) is 59.2 Å². The van der Waals surface area contributed by atoms with E-state index >= 15 is 0 Å². The molecule has 3 rings (SSSR count). The number of hydrogen-bond donors (Lipinski definition) is 0. The van der Waals surface area contributed by atoms with Gasteiger partial charge in [0.05, 0.1) is 5.69 Å². The Labute approximate surface area is 173 Å². The molecule has 10 heteroatoms. The normalized spacial score (nSPS) is 12.1. The Morgan fingerprint density at radius 1 is 1.17 bits per heavy atom. The molecule has 7 nitrogen and oxygen atoms in total. The van der Waals surface area contributed by atoms with Crippen LogP contribution in [0.4, 0.5) is 13.2 Å². The largest absolute Gasteiger partial charge is 0.433 e. The van der Waals surface area contributed by atoms with Crippen LogP contribution in [0.5, 0.6) is 0 Å². The van der Waals surface area contributed by atoms with E-state index in [9.17, 15) is 18.0 Å². The van der Waals surface area contributed by atoms with Crippen molar-refractivity contribution in [2.24, 2.45) is 0 Å². The molecule has 0 unspecified atom stereocenters. The Bertz CT molecular complexity index is 991. The molecule has 2 aliphatic heterocycles. The van der Waals surface area contributed by atoms with Crippen molar-refractivity contribution in [1.82, 2.24) is 29.1 Å². The minimum absolute atomic E-state index is 0.0614. The first-order chi connectivity index (χ1) is 14.1. The highest BCUT2D eigenvalue weighted by Gasteiger charge is 2.39. The number of aryl methyl sites for hydroxylation is 1. The maximum atomic E-state index is 13.8. The Hall–Kier alpha value is -2.88. The van der Waals surface area contributed by atoms with E-state index in [2.05, 4.69) is 10.1 Å². The second-order valence-corrected chi connectivity index (χ2v) is 7.41. The SMILES string of the molecule is CCn1nccc1CN(C)Cc1c2cccn(CC(=O)N(C)C)c-2nc1C(F)(F)F. The maximum absolute atomic E-state index is 13.8. The number of nitrogens with zero attached hydrogens (tertiary/aromatic N) is 6. The fraction of sp³-hybridized carbons (Fsp3) is 0.450. The van der Waals surface area contributed by atoms with Gasteiger partial charge in [-0.15, -0.1) is 0 Å². The van der Waals surface area contributed by atoms with Crippen LogP contribution in [0, 0.1) is 0 Å². The lowest BCUT2D eigenvalue weighted by Gasteiger charge is -2.19. The van der Waals surface area contributed by atoms with Gasteiger partial charge < -0.3 is 9.47 Å². The molecule has 0 bridgehead atoms. The molecule has 2 aliphatic rings. The molecular formula is C20H25F3N6O. The molecule has 0 N–H and O–H groups in total. The molecule has 0 saturated heterocycles. The van der Waals surface area contributed by atoms with Gasteiger partial charge in [-0.05, 0) is 32.2 Å². The number of pyridine rings is 1. The molecule has 0 fully saturated rings. The van der Waals surface area contributed by atoms with Crippen LogP contribution in [-0.2, 0) is 37.1 Å². The third-order valence-electron chi connectivity index (χ3n) is 4.91. The second kappa shape index (κ2) is 8.47. The Kier molecular flexibility index (Phi) is 6.16. The lowest BCUT2D eigenvalue weighted by atomic mass is 10.1. The van der Waals surface area contributed by atoms with E-state index in [4.69, 9.17) is 0 Å². The summed E-state index contributed by atoms with van der Waals surface area (Å²) in [5.74, 6) is -0.0717. The van der Waals surface area contributed by atoms with Crippen LogP contribution in [0.15, 0.2) is 30.6 Å². The lowest BCUT2D eigenvalue weighted by Crippen LogP contribution is -2.26. The van der Waals surface area contributed by atoms with Gasteiger partial charge in [0, 0.05) is 57.3 Å². The first kappa shape index (κ1) is 21.8. The van der Waals surface area contributed by atoms with Crippen LogP contribution in [0.25, 0.3) is 11.4 Å². The van der Waals surface area contributed by atoms with Crippen molar-refractivity contribution in [2.75, 3.05) is 21.1 Å². The number of carbonyl (C=O) groups excluding carboxylic acids is 1. The zero-order valence-corrected chi connectivity index (χ0v) is 17.4. The summed E-state index contributed by atoms with van der Waals surface area (Å²) >= 11 is 0. The lowest BCUT2D eigenvalue weighted by molar-refractivity contribution is -0.141. The van der Waals surface area contributed by atoms with Gasteiger partial charge in [0.15, 0.2) is 5.69 Å². The van der Waals surface area contributed by atoms with Gasteiger partial charge >= 0.3 is 6.18 Å². The molecule has 0 saturated carbocycles. The minimum atomic E-state index is -4.59. The number of carbonyl (C=O) groups is 1. The molecule has 3 heterocycles. The van der Waals surface area contributed by atoms with E-state index in [1.165, 1.54) is 9.47 Å². The fourth-order valence-corrected chi connectivity index (χ4v) is 3.39. The number of hydrogen-bond acceptors (Lipinski definition) is 4. The van der Waals surface area contributed by atoms with Gasteiger partial charge in [-0.3, -0.25) is 14.4 Å². The minimum Gasteiger partial charge on any atom is -0.347 e. The maximum Gasteiger partial charge on any atom is 0.433 e. The number of amides is 1. The predicted octanol–water partition coefficient (Wildman–Crippen LogP) is 2.94. The zero-order valence-electron chi connectivity index (χ0n) is 17.4. The smallest absolute Gasteiger partial charge is 0.347 e.